The highest BCUT2D eigenvalue weighted by molar-refractivity contribution is 8.76. The Hall–Kier alpha value is -5.89. The van der Waals surface area contributed by atoms with E-state index >= 15 is 0 Å². The zero-order valence-electron chi connectivity index (χ0n) is 44.0. The third-order valence-corrected chi connectivity index (χ3v) is 20.3. The fourth-order valence-corrected chi connectivity index (χ4v) is 15.1. The second-order valence-corrected chi connectivity index (χ2v) is 30.0. The standard InChI is InChI=1S/C53H55N5O16S7/c1-33-28-36(79(66,67)68)29-40-38(33)14-17-43-49(40)52(2,3)46(57(43)23-8-26-77(60,61)62)19-12-34(42-16-11-35(32-56-42)51(59)55-22-25-75-76-48-10-6-7-21-54-48)13-20-47-53(4,5)50-41-30-37(80(69,70)71)31-45(81(72,73)74)39(41)15-18-44(50)58(47)24-9-27-78(63,64)65/h6-7,10-21,28-32H,8-9,22-27H2,1-5H3,(H5-,55,59,60,61,62,63,64,65,66,67,68,69,70,71,72,73,74)/p+1. The van der Waals surface area contributed by atoms with E-state index in [2.05, 4.69) is 10.3 Å². The average molecular weight is 1240 g/mol. The van der Waals surface area contributed by atoms with Crippen LogP contribution in [0.15, 0.2) is 141 Å². The van der Waals surface area contributed by atoms with Crippen LogP contribution >= 0.6 is 21.6 Å². The number of carbonyl (C=O) groups excluding carboxylic acids is 1. The molecule has 28 heteroatoms. The topological polar surface area (TPSA) is 333 Å². The molecule has 6 aromatic rings. The Labute approximate surface area is 477 Å². The lowest BCUT2D eigenvalue weighted by Crippen LogP contribution is -2.28. The average Bonchev–Trinajstić information content (AvgIpc) is 1.98. The highest BCUT2D eigenvalue weighted by Crippen LogP contribution is 2.52. The first-order valence-electron chi connectivity index (χ1n) is 24.7. The SMILES string of the molecule is Cc1cc(S(=O)(=O)O)cc2c3c(ccc12)[N+](CCCS(=O)(=O)O)=C(/C=C/C(=C/C=C1/N(CCCS(=O)(=O)O)c2ccc4c(S(=O)(=O)O)cc(S(=O)(=O)O)cc4c2C1(C)C)c1ccc(C(=O)NCCSSc2ccccn2)cn1)C3(C)C. The second kappa shape index (κ2) is 23.0. The summed E-state index contributed by atoms with van der Waals surface area (Å²) >= 11 is 0. The van der Waals surface area contributed by atoms with Crippen LogP contribution in [-0.4, -0.2) is 128 Å². The lowest BCUT2D eigenvalue weighted by molar-refractivity contribution is -0.437. The van der Waals surface area contributed by atoms with E-state index in [-0.39, 0.29) is 47.2 Å². The molecule has 0 atom stereocenters. The summed E-state index contributed by atoms with van der Waals surface area (Å²) in [7, 11) is -20.8. The van der Waals surface area contributed by atoms with Crippen LogP contribution in [-0.2, 0) is 61.4 Å². The summed E-state index contributed by atoms with van der Waals surface area (Å²) in [4.78, 5) is 22.2. The van der Waals surface area contributed by atoms with Crippen LogP contribution < -0.4 is 10.2 Å². The van der Waals surface area contributed by atoms with Gasteiger partial charge in [0.2, 0.25) is 5.69 Å². The van der Waals surface area contributed by atoms with Crippen molar-refractivity contribution in [2.75, 3.05) is 41.8 Å². The Balaban J connectivity index is 1.29. The molecule has 0 fully saturated rings. The molecule has 81 heavy (non-hydrogen) atoms. The Morgan fingerprint density at radius 3 is 1.99 bits per heavy atom. The molecule has 430 valence electrons. The van der Waals surface area contributed by atoms with Crippen LogP contribution in [0, 0.1) is 6.92 Å². The molecule has 0 saturated heterocycles. The molecule has 21 nitrogen and oxygen atoms in total. The fraction of sp³-hybridized carbons (Fsp3) is 0.283. The molecule has 4 heterocycles. The fourth-order valence-electron chi connectivity index (χ4n) is 10.4. The van der Waals surface area contributed by atoms with Gasteiger partial charge in [0, 0.05) is 83.1 Å². The number of nitrogens with one attached hydrogen (secondary N) is 1. The zero-order valence-corrected chi connectivity index (χ0v) is 49.7. The molecule has 0 unspecified atom stereocenters. The van der Waals surface area contributed by atoms with Crippen LogP contribution in [0.25, 0.3) is 27.1 Å². The van der Waals surface area contributed by atoms with Crippen LogP contribution in [0.1, 0.15) is 73.3 Å². The zero-order chi connectivity index (χ0) is 59.3. The molecule has 1 amide bonds. The van der Waals surface area contributed by atoms with Crippen molar-refractivity contribution in [3.63, 3.8) is 0 Å². The van der Waals surface area contributed by atoms with Crippen molar-refractivity contribution in [2.45, 2.75) is 78.0 Å². The minimum absolute atomic E-state index is 0.00792. The van der Waals surface area contributed by atoms with E-state index in [1.54, 1.807) is 74.4 Å². The largest absolute Gasteiger partial charge is 0.351 e. The first kappa shape index (κ1) is 61.2. The molecule has 2 aliphatic heterocycles. The van der Waals surface area contributed by atoms with Gasteiger partial charge in [-0.25, -0.2) is 4.98 Å². The minimum Gasteiger partial charge on any atom is -0.351 e. The van der Waals surface area contributed by atoms with E-state index in [0.717, 1.165) is 11.1 Å². The number of benzene rings is 4. The molecule has 0 saturated carbocycles. The van der Waals surface area contributed by atoms with Crippen molar-refractivity contribution in [1.29, 1.82) is 0 Å². The monoisotopic (exact) mass is 1240 g/mol. The van der Waals surface area contributed by atoms with E-state index in [1.165, 1.54) is 52.1 Å². The number of fused-ring (bicyclic) bond motifs is 6. The number of anilines is 1. The van der Waals surface area contributed by atoms with Crippen LogP contribution in [0.4, 0.5) is 11.4 Å². The Kier molecular flexibility index (Phi) is 17.4. The minimum atomic E-state index is -5.11. The second-order valence-electron chi connectivity index (χ2n) is 20.2. The maximum atomic E-state index is 13.4. The molecule has 2 aliphatic rings. The summed E-state index contributed by atoms with van der Waals surface area (Å²) < 4.78 is 176. The normalized spacial score (nSPS) is 16.2. The first-order chi connectivity index (χ1) is 37.7. The smallest absolute Gasteiger partial charge is 0.295 e. The summed E-state index contributed by atoms with van der Waals surface area (Å²) in [5.41, 5.74) is 2.12. The van der Waals surface area contributed by atoms with E-state index in [9.17, 15) is 69.6 Å². The number of rotatable bonds is 21. The molecule has 4 aromatic carbocycles. The maximum Gasteiger partial charge on any atom is 0.295 e. The van der Waals surface area contributed by atoms with Gasteiger partial charge < -0.3 is 10.2 Å². The van der Waals surface area contributed by atoms with Gasteiger partial charge in [-0.3, -0.25) is 32.5 Å². The number of allylic oxidation sites excluding steroid dienone is 6. The van der Waals surface area contributed by atoms with Gasteiger partial charge in [-0.2, -0.15) is 46.7 Å². The van der Waals surface area contributed by atoms with Gasteiger partial charge in [0.15, 0.2) is 5.71 Å². The van der Waals surface area contributed by atoms with Crippen molar-refractivity contribution in [2.24, 2.45) is 0 Å². The number of aromatic nitrogens is 2. The van der Waals surface area contributed by atoms with Crippen LogP contribution in [0.5, 0.6) is 0 Å². The van der Waals surface area contributed by atoms with E-state index in [0.29, 0.717) is 79.9 Å². The van der Waals surface area contributed by atoms with E-state index in [1.807, 2.05) is 42.7 Å². The van der Waals surface area contributed by atoms with Gasteiger partial charge in [-0.15, -0.1) is 0 Å². The number of amides is 1. The van der Waals surface area contributed by atoms with E-state index in [4.69, 9.17) is 4.98 Å². The Bertz CT molecular complexity index is 4260. The van der Waals surface area contributed by atoms with Gasteiger partial charge in [0.1, 0.15) is 16.5 Å². The summed E-state index contributed by atoms with van der Waals surface area (Å²) in [6, 6.07) is 19.6. The van der Waals surface area contributed by atoms with Crippen molar-refractivity contribution in [3.8, 4) is 0 Å². The third-order valence-electron chi connectivity index (χ3n) is 13.9. The molecule has 0 spiro atoms. The highest BCUT2D eigenvalue weighted by Gasteiger charge is 2.46. The quantitative estimate of drug-likeness (QED) is 0.0130. The Morgan fingerprint density at radius 1 is 0.716 bits per heavy atom. The van der Waals surface area contributed by atoms with Crippen LogP contribution in [0.3, 0.4) is 0 Å². The number of nitrogens with zero attached hydrogens (tertiary/aromatic N) is 4. The van der Waals surface area contributed by atoms with Crippen molar-refractivity contribution in [1.82, 2.24) is 15.3 Å². The molecule has 2 aromatic heterocycles. The first-order valence-corrected chi connectivity index (χ1v) is 34.5. The molecule has 0 aliphatic carbocycles. The summed E-state index contributed by atoms with van der Waals surface area (Å²) in [6.07, 6.45) is 9.67. The summed E-state index contributed by atoms with van der Waals surface area (Å²) in [5, 5.41) is 4.78. The number of hydrogen-bond acceptors (Lipinski definition) is 16. The van der Waals surface area contributed by atoms with Crippen molar-refractivity contribution < 1.29 is 74.2 Å². The molecular weight excluding hydrogens is 1190 g/mol. The summed E-state index contributed by atoms with van der Waals surface area (Å²) in [5.74, 6) is -1.11. The lowest BCUT2D eigenvalue weighted by Gasteiger charge is -2.27. The number of hydrogen-bond donors (Lipinski definition) is 6. The van der Waals surface area contributed by atoms with Crippen molar-refractivity contribution >= 4 is 122 Å². The van der Waals surface area contributed by atoms with Gasteiger partial charge in [-0.1, -0.05) is 42.9 Å². The number of carbonyl (C=O) groups is 1. The Morgan fingerprint density at radius 2 is 1.37 bits per heavy atom. The molecule has 6 N–H and O–H groups in total. The van der Waals surface area contributed by atoms with Crippen LogP contribution in [0.2, 0.25) is 0 Å². The third kappa shape index (κ3) is 13.6. The predicted octanol–water partition coefficient (Wildman–Crippen LogP) is 8.26. The molecule has 8 rings (SSSR count). The van der Waals surface area contributed by atoms with Gasteiger partial charge in [0.05, 0.1) is 38.0 Å². The number of pyridine rings is 2. The van der Waals surface area contributed by atoms with Gasteiger partial charge in [0.25, 0.3) is 56.5 Å². The van der Waals surface area contributed by atoms with Gasteiger partial charge >= 0.3 is 0 Å². The molecular formula is C53H56N5O16S7+. The lowest BCUT2D eigenvalue weighted by atomic mass is 9.78. The van der Waals surface area contributed by atoms with Crippen molar-refractivity contribution in [3.05, 3.63) is 149 Å². The summed E-state index contributed by atoms with van der Waals surface area (Å²) in [6.45, 7) is 9.21. The maximum absolute atomic E-state index is 13.4. The number of aryl methyl sites for hydroxylation is 1. The molecule has 0 radical (unpaired) electrons. The molecule has 0 bridgehead atoms. The van der Waals surface area contributed by atoms with E-state index < -0.39 is 88.6 Å². The van der Waals surface area contributed by atoms with Gasteiger partial charge in [-0.05, 0) is 138 Å². The predicted molar refractivity (Wildman–Crippen MR) is 312 cm³/mol. The highest BCUT2D eigenvalue weighted by atomic mass is 33.1.